The Hall–Kier alpha value is -3.27. The van der Waals surface area contributed by atoms with Crippen LogP contribution >= 0.6 is 46.4 Å². The molecule has 0 aliphatic heterocycles. The molecule has 12 heteroatoms. The maximum absolute atomic E-state index is 14.7. The lowest BCUT2D eigenvalue weighted by molar-refractivity contribution is -0.140. The van der Waals surface area contributed by atoms with Crippen LogP contribution in [0.3, 0.4) is 0 Å². The summed E-state index contributed by atoms with van der Waals surface area (Å²) in [7, 11) is -4.34. The van der Waals surface area contributed by atoms with Crippen LogP contribution < -0.4 is 9.62 Å². The minimum Gasteiger partial charge on any atom is -0.352 e. The van der Waals surface area contributed by atoms with Gasteiger partial charge in [-0.25, -0.2) is 8.42 Å². The molecule has 5 rings (SSSR count). The number of nitrogens with zero attached hydrogens (tertiary/aromatic N) is 2. The first-order chi connectivity index (χ1) is 22.6. The van der Waals surface area contributed by atoms with Crippen molar-refractivity contribution in [1.82, 2.24) is 10.2 Å². The first kappa shape index (κ1) is 35.0. The molecule has 246 valence electrons. The number of halogens is 4. The van der Waals surface area contributed by atoms with Crippen LogP contribution in [-0.2, 0) is 32.6 Å². The highest BCUT2D eigenvalue weighted by molar-refractivity contribution is 7.92. The Labute approximate surface area is 295 Å². The van der Waals surface area contributed by atoms with Gasteiger partial charge >= 0.3 is 0 Å². The van der Waals surface area contributed by atoms with Crippen LogP contribution in [0.2, 0.25) is 20.1 Å². The van der Waals surface area contributed by atoms with Crippen molar-refractivity contribution in [1.29, 1.82) is 0 Å². The van der Waals surface area contributed by atoms with E-state index in [1.54, 1.807) is 42.5 Å². The largest absolute Gasteiger partial charge is 0.352 e. The second kappa shape index (κ2) is 15.8. The molecule has 0 saturated heterocycles. The van der Waals surface area contributed by atoms with Crippen molar-refractivity contribution < 1.29 is 18.0 Å². The Morgan fingerprint density at radius 3 is 1.98 bits per heavy atom. The van der Waals surface area contributed by atoms with Gasteiger partial charge in [-0.05, 0) is 54.8 Å². The lowest BCUT2D eigenvalue weighted by Gasteiger charge is -2.35. The standard InChI is InChI=1S/C35H33Cl4N3O4S/c36-28-17-9-18-29(37)27(28)22-41(32(21-24-11-3-1-4-12-24)35(44)40-25-13-7-8-14-25)33(43)23-42(31-20-10-19-30(38)34(31)39)47(45,46)26-15-5-2-6-16-26/h1-6,9-12,15-20,25,32H,7-8,13-14,21-23H2,(H,40,44). The molecule has 47 heavy (non-hydrogen) atoms. The van der Waals surface area contributed by atoms with Crippen molar-refractivity contribution in [3.8, 4) is 0 Å². The Morgan fingerprint density at radius 1 is 0.766 bits per heavy atom. The highest BCUT2D eigenvalue weighted by Crippen LogP contribution is 2.36. The minimum absolute atomic E-state index is 0.0158. The summed E-state index contributed by atoms with van der Waals surface area (Å²) < 4.78 is 29.3. The molecule has 1 aliphatic rings. The number of sulfonamides is 1. The quantitative estimate of drug-likeness (QED) is 0.159. The lowest BCUT2D eigenvalue weighted by Crippen LogP contribution is -2.54. The van der Waals surface area contributed by atoms with E-state index < -0.39 is 28.5 Å². The number of anilines is 1. The van der Waals surface area contributed by atoms with Gasteiger partial charge in [0.2, 0.25) is 11.8 Å². The fourth-order valence-electron chi connectivity index (χ4n) is 5.69. The van der Waals surface area contributed by atoms with Crippen LogP contribution in [0.4, 0.5) is 5.69 Å². The van der Waals surface area contributed by atoms with E-state index in [-0.39, 0.29) is 45.5 Å². The first-order valence-corrected chi connectivity index (χ1v) is 18.1. The third-order valence-electron chi connectivity index (χ3n) is 8.17. The molecule has 4 aromatic carbocycles. The molecule has 7 nitrogen and oxygen atoms in total. The van der Waals surface area contributed by atoms with Crippen LogP contribution in [-0.4, -0.2) is 43.8 Å². The highest BCUT2D eigenvalue weighted by Gasteiger charge is 2.36. The molecule has 4 aromatic rings. The molecule has 1 saturated carbocycles. The molecule has 2 amide bonds. The molecule has 1 fully saturated rings. The molecule has 1 atom stereocenters. The van der Waals surface area contributed by atoms with Gasteiger partial charge < -0.3 is 10.2 Å². The predicted octanol–water partition coefficient (Wildman–Crippen LogP) is 8.19. The number of carbonyl (C=O) groups excluding carboxylic acids is 2. The molecule has 0 heterocycles. The van der Waals surface area contributed by atoms with Gasteiger partial charge in [-0.2, -0.15) is 0 Å². The van der Waals surface area contributed by atoms with Gasteiger partial charge in [0.1, 0.15) is 12.6 Å². The Balaban J connectivity index is 1.61. The van der Waals surface area contributed by atoms with Gasteiger partial charge in [0.25, 0.3) is 10.0 Å². The maximum Gasteiger partial charge on any atom is 0.264 e. The normalized spacial score (nSPS) is 14.0. The van der Waals surface area contributed by atoms with Gasteiger partial charge in [0.15, 0.2) is 0 Å². The minimum atomic E-state index is -4.34. The molecule has 0 radical (unpaired) electrons. The van der Waals surface area contributed by atoms with Crippen molar-refractivity contribution in [2.24, 2.45) is 0 Å². The van der Waals surface area contributed by atoms with Gasteiger partial charge in [-0.15, -0.1) is 0 Å². The fourth-order valence-corrected chi connectivity index (χ4v) is 8.10. The maximum atomic E-state index is 14.7. The average Bonchev–Trinajstić information content (AvgIpc) is 3.58. The summed E-state index contributed by atoms with van der Waals surface area (Å²) in [5.74, 6) is -1.02. The SMILES string of the molecule is O=C(NC1CCCC1)C(Cc1ccccc1)N(Cc1c(Cl)cccc1Cl)C(=O)CN(c1cccc(Cl)c1Cl)S(=O)(=O)c1ccccc1. The van der Waals surface area contributed by atoms with Crippen molar-refractivity contribution in [3.05, 3.63) is 128 Å². The average molecular weight is 734 g/mol. The summed E-state index contributed by atoms with van der Waals surface area (Å²) in [6.45, 7) is -0.850. The number of hydrogen-bond acceptors (Lipinski definition) is 4. The Kier molecular flexibility index (Phi) is 11.7. The zero-order valence-corrected chi connectivity index (χ0v) is 29.1. The van der Waals surface area contributed by atoms with Gasteiger partial charge in [0, 0.05) is 34.6 Å². The van der Waals surface area contributed by atoms with E-state index in [9.17, 15) is 18.0 Å². The summed E-state index contributed by atoms with van der Waals surface area (Å²) >= 11 is 26.1. The number of benzene rings is 4. The number of carbonyl (C=O) groups is 2. The van der Waals surface area contributed by atoms with E-state index in [2.05, 4.69) is 5.32 Å². The topological polar surface area (TPSA) is 86.8 Å². The molecule has 0 spiro atoms. The van der Waals surface area contributed by atoms with E-state index in [0.717, 1.165) is 35.6 Å². The van der Waals surface area contributed by atoms with Crippen LogP contribution in [0.5, 0.6) is 0 Å². The van der Waals surface area contributed by atoms with E-state index >= 15 is 0 Å². The molecular weight excluding hydrogens is 700 g/mol. The van der Waals surface area contributed by atoms with Crippen LogP contribution in [0.25, 0.3) is 0 Å². The van der Waals surface area contributed by atoms with Gasteiger partial charge in [-0.3, -0.25) is 13.9 Å². The van der Waals surface area contributed by atoms with Crippen molar-refractivity contribution in [3.63, 3.8) is 0 Å². The highest BCUT2D eigenvalue weighted by atomic mass is 35.5. The summed E-state index contributed by atoms with van der Waals surface area (Å²) in [5, 5.41) is 3.82. The summed E-state index contributed by atoms with van der Waals surface area (Å²) in [5.41, 5.74) is 1.25. The van der Waals surface area contributed by atoms with E-state index in [1.165, 1.54) is 29.2 Å². The zero-order valence-electron chi connectivity index (χ0n) is 25.3. The smallest absolute Gasteiger partial charge is 0.264 e. The monoisotopic (exact) mass is 731 g/mol. The number of amides is 2. The first-order valence-electron chi connectivity index (χ1n) is 15.1. The lowest BCUT2D eigenvalue weighted by atomic mass is 10.0. The summed E-state index contributed by atoms with van der Waals surface area (Å²) in [6.07, 6.45) is 3.84. The Morgan fingerprint density at radius 2 is 1.34 bits per heavy atom. The predicted molar refractivity (Wildman–Crippen MR) is 189 cm³/mol. The second-order valence-corrected chi connectivity index (χ2v) is 14.8. The van der Waals surface area contributed by atoms with E-state index in [1.807, 2.05) is 30.3 Å². The van der Waals surface area contributed by atoms with Crippen molar-refractivity contribution in [2.75, 3.05) is 10.8 Å². The van der Waals surface area contributed by atoms with Gasteiger partial charge in [-0.1, -0.05) is 120 Å². The summed E-state index contributed by atoms with van der Waals surface area (Å²) in [6, 6.07) is 25.5. The number of hydrogen-bond donors (Lipinski definition) is 1. The van der Waals surface area contributed by atoms with Crippen molar-refractivity contribution >= 4 is 73.9 Å². The summed E-state index contributed by atoms with van der Waals surface area (Å²) in [4.78, 5) is 30.1. The van der Waals surface area contributed by atoms with Crippen molar-refractivity contribution in [2.45, 2.75) is 55.6 Å². The second-order valence-electron chi connectivity index (χ2n) is 11.3. The number of rotatable bonds is 12. The molecule has 0 bridgehead atoms. The fraction of sp³-hybridized carbons (Fsp3) is 0.257. The molecule has 1 unspecified atom stereocenters. The molecular formula is C35H33Cl4N3O4S. The Bertz CT molecular complexity index is 1800. The third-order valence-corrected chi connectivity index (χ3v) is 11.5. The van der Waals surface area contributed by atoms with E-state index in [4.69, 9.17) is 46.4 Å². The molecule has 1 N–H and O–H groups in total. The van der Waals surface area contributed by atoms with E-state index in [0.29, 0.717) is 15.6 Å². The third kappa shape index (κ3) is 8.42. The van der Waals surface area contributed by atoms with Gasteiger partial charge in [0.05, 0.1) is 20.6 Å². The molecule has 0 aromatic heterocycles. The zero-order chi connectivity index (χ0) is 33.6. The molecule has 1 aliphatic carbocycles. The van der Waals surface area contributed by atoms with Crippen LogP contribution in [0, 0.1) is 0 Å². The number of nitrogens with one attached hydrogen (secondary N) is 1. The van der Waals surface area contributed by atoms with Crippen LogP contribution in [0.1, 0.15) is 36.8 Å². The van der Waals surface area contributed by atoms with Crippen LogP contribution in [0.15, 0.2) is 102 Å².